The number of hydrogen-bond acceptors (Lipinski definition) is 2. The number of benzene rings is 3. The van der Waals surface area contributed by atoms with Crippen molar-refractivity contribution in [2.24, 2.45) is 0 Å². The molecule has 0 radical (unpaired) electrons. The van der Waals surface area contributed by atoms with Crippen LogP contribution in [0.5, 0.6) is 0 Å². The third-order valence-electron chi connectivity index (χ3n) is 5.75. The lowest BCUT2D eigenvalue weighted by Crippen LogP contribution is -2.52. The molecule has 0 spiro atoms. The molecule has 1 N–H and O–H groups in total. The summed E-state index contributed by atoms with van der Waals surface area (Å²) in [5.74, 6) is -0.802. The van der Waals surface area contributed by atoms with Gasteiger partial charge in [0, 0.05) is 31.0 Å². The van der Waals surface area contributed by atoms with E-state index in [4.69, 9.17) is 0 Å². The van der Waals surface area contributed by atoms with Crippen molar-refractivity contribution in [3.05, 3.63) is 107 Å². The van der Waals surface area contributed by atoms with E-state index in [2.05, 4.69) is 5.32 Å². The van der Waals surface area contributed by atoms with Gasteiger partial charge in [-0.15, -0.1) is 0 Å². The molecule has 0 saturated carbocycles. The summed E-state index contributed by atoms with van der Waals surface area (Å²) in [5, 5.41) is 2.95. The molecule has 0 aliphatic rings. The first-order valence-electron chi connectivity index (χ1n) is 11.8. The molecule has 5 heteroatoms. The average molecular weight is 461 g/mol. The SMILES string of the molecule is Cc1ccc(CCC(=O)N(Cc2ccccc2F)[C@@H](Cc2ccccc2)C(=O)NC(C)C)cc1. The second-order valence-corrected chi connectivity index (χ2v) is 8.97. The van der Waals surface area contributed by atoms with Crippen LogP contribution in [-0.4, -0.2) is 28.8 Å². The topological polar surface area (TPSA) is 49.4 Å². The number of halogens is 1. The fourth-order valence-electron chi connectivity index (χ4n) is 3.89. The lowest BCUT2D eigenvalue weighted by Gasteiger charge is -2.32. The van der Waals surface area contributed by atoms with Gasteiger partial charge in [-0.05, 0) is 44.4 Å². The van der Waals surface area contributed by atoms with Crippen molar-refractivity contribution in [1.29, 1.82) is 0 Å². The largest absolute Gasteiger partial charge is 0.352 e. The summed E-state index contributed by atoms with van der Waals surface area (Å²) in [6.45, 7) is 5.82. The van der Waals surface area contributed by atoms with E-state index in [0.29, 0.717) is 18.4 Å². The van der Waals surface area contributed by atoms with Gasteiger partial charge in [0.05, 0.1) is 0 Å². The fourth-order valence-corrected chi connectivity index (χ4v) is 3.89. The van der Waals surface area contributed by atoms with Gasteiger partial charge in [0.15, 0.2) is 0 Å². The maximum atomic E-state index is 14.6. The van der Waals surface area contributed by atoms with Crippen molar-refractivity contribution in [2.45, 2.75) is 58.7 Å². The lowest BCUT2D eigenvalue weighted by molar-refractivity contribution is -0.141. The Morgan fingerprint density at radius 1 is 0.882 bits per heavy atom. The molecule has 0 saturated heterocycles. The molecule has 178 valence electrons. The van der Waals surface area contributed by atoms with E-state index in [9.17, 15) is 14.0 Å². The van der Waals surface area contributed by atoms with Gasteiger partial charge in [0.25, 0.3) is 0 Å². The molecule has 0 aliphatic heterocycles. The first-order chi connectivity index (χ1) is 16.3. The minimum atomic E-state index is -0.755. The highest BCUT2D eigenvalue weighted by Crippen LogP contribution is 2.19. The van der Waals surface area contributed by atoms with E-state index in [0.717, 1.165) is 16.7 Å². The highest BCUT2D eigenvalue weighted by molar-refractivity contribution is 5.88. The molecule has 3 aromatic rings. The van der Waals surface area contributed by atoms with E-state index < -0.39 is 6.04 Å². The molecule has 4 nitrogen and oxygen atoms in total. The Morgan fingerprint density at radius 3 is 2.18 bits per heavy atom. The first kappa shape index (κ1) is 25.2. The molecular formula is C29H33FN2O2. The maximum Gasteiger partial charge on any atom is 0.243 e. The molecule has 1 atom stereocenters. The molecule has 3 rings (SSSR count). The molecule has 3 aromatic carbocycles. The zero-order valence-corrected chi connectivity index (χ0v) is 20.1. The van der Waals surface area contributed by atoms with E-state index in [1.807, 2.05) is 75.4 Å². The van der Waals surface area contributed by atoms with Gasteiger partial charge in [-0.1, -0.05) is 78.4 Å². The summed E-state index contributed by atoms with van der Waals surface area (Å²) in [4.78, 5) is 28.4. The quantitative estimate of drug-likeness (QED) is 0.450. The molecule has 2 amide bonds. The number of hydrogen-bond donors (Lipinski definition) is 1. The lowest BCUT2D eigenvalue weighted by atomic mass is 10.0. The van der Waals surface area contributed by atoms with Crippen molar-refractivity contribution in [3.63, 3.8) is 0 Å². The van der Waals surface area contributed by atoms with Crippen LogP contribution in [0.15, 0.2) is 78.9 Å². The summed E-state index contributed by atoms with van der Waals surface area (Å²) in [6.07, 6.45) is 1.14. The predicted octanol–water partition coefficient (Wildman–Crippen LogP) is 5.23. The Kier molecular flexibility index (Phi) is 8.97. The van der Waals surface area contributed by atoms with Crippen molar-refractivity contribution < 1.29 is 14.0 Å². The van der Waals surface area contributed by atoms with Crippen LogP contribution in [0.4, 0.5) is 4.39 Å². The van der Waals surface area contributed by atoms with Crippen molar-refractivity contribution in [3.8, 4) is 0 Å². The van der Waals surface area contributed by atoms with Crippen LogP contribution < -0.4 is 5.32 Å². The zero-order chi connectivity index (χ0) is 24.5. The second-order valence-electron chi connectivity index (χ2n) is 8.97. The molecule has 0 heterocycles. The standard InChI is InChI=1S/C29H33FN2O2/c1-21(2)31-29(34)27(19-24-9-5-4-6-10-24)32(20-25-11-7-8-12-26(25)30)28(33)18-17-23-15-13-22(3)14-16-23/h4-16,21,27H,17-20H2,1-3H3,(H,31,34)/t27-/m0/s1. The van der Waals surface area contributed by atoms with Gasteiger partial charge in [-0.3, -0.25) is 9.59 Å². The highest BCUT2D eigenvalue weighted by atomic mass is 19.1. The third kappa shape index (κ3) is 7.27. The van der Waals surface area contributed by atoms with Gasteiger partial charge >= 0.3 is 0 Å². The average Bonchev–Trinajstić information content (AvgIpc) is 2.82. The Bertz CT molecular complexity index is 1080. The Balaban J connectivity index is 1.91. The predicted molar refractivity (Wildman–Crippen MR) is 134 cm³/mol. The van der Waals surface area contributed by atoms with Crippen LogP contribution in [0.25, 0.3) is 0 Å². The van der Waals surface area contributed by atoms with Crippen LogP contribution in [0.2, 0.25) is 0 Å². The minimum Gasteiger partial charge on any atom is -0.352 e. The number of amides is 2. The van der Waals surface area contributed by atoms with Crippen molar-refractivity contribution in [2.75, 3.05) is 0 Å². The monoisotopic (exact) mass is 460 g/mol. The Hall–Kier alpha value is -3.47. The summed E-state index contributed by atoms with van der Waals surface area (Å²) in [5.41, 5.74) is 3.54. The maximum absolute atomic E-state index is 14.6. The summed E-state index contributed by atoms with van der Waals surface area (Å²) >= 11 is 0. The molecule has 0 aliphatic carbocycles. The number of rotatable bonds is 10. The Morgan fingerprint density at radius 2 is 1.53 bits per heavy atom. The smallest absolute Gasteiger partial charge is 0.243 e. The van der Waals surface area contributed by atoms with Gasteiger partial charge in [-0.25, -0.2) is 4.39 Å². The first-order valence-corrected chi connectivity index (χ1v) is 11.8. The molecule has 0 unspecified atom stereocenters. The number of aryl methyl sites for hydroxylation is 2. The molecule has 0 aromatic heterocycles. The molecule has 0 bridgehead atoms. The highest BCUT2D eigenvalue weighted by Gasteiger charge is 2.31. The second kappa shape index (κ2) is 12.1. The molecule has 34 heavy (non-hydrogen) atoms. The van der Waals surface area contributed by atoms with Crippen LogP contribution >= 0.6 is 0 Å². The van der Waals surface area contributed by atoms with Crippen molar-refractivity contribution >= 4 is 11.8 Å². The van der Waals surface area contributed by atoms with E-state index in [1.54, 1.807) is 18.2 Å². The van der Waals surface area contributed by atoms with Crippen LogP contribution in [0.3, 0.4) is 0 Å². The van der Waals surface area contributed by atoms with Crippen LogP contribution in [-0.2, 0) is 29.0 Å². The van der Waals surface area contributed by atoms with E-state index in [1.165, 1.54) is 11.0 Å². The van der Waals surface area contributed by atoms with Crippen molar-refractivity contribution in [1.82, 2.24) is 10.2 Å². The number of carbonyl (C=O) groups excluding carboxylic acids is 2. The van der Waals surface area contributed by atoms with Crippen LogP contribution in [0.1, 0.15) is 42.5 Å². The minimum absolute atomic E-state index is 0.0302. The van der Waals surface area contributed by atoms with E-state index in [-0.39, 0.29) is 36.6 Å². The summed E-state index contributed by atoms with van der Waals surface area (Å²) in [6, 6.07) is 23.2. The Labute approximate surface area is 201 Å². The number of nitrogens with zero attached hydrogens (tertiary/aromatic N) is 1. The van der Waals surface area contributed by atoms with Gasteiger partial charge in [-0.2, -0.15) is 0 Å². The van der Waals surface area contributed by atoms with Gasteiger partial charge < -0.3 is 10.2 Å². The third-order valence-corrected chi connectivity index (χ3v) is 5.75. The molecular weight excluding hydrogens is 427 g/mol. The van der Waals surface area contributed by atoms with Gasteiger partial charge in [0.1, 0.15) is 11.9 Å². The fraction of sp³-hybridized carbons (Fsp3) is 0.310. The summed E-state index contributed by atoms with van der Waals surface area (Å²) in [7, 11) is 0. The zero-order valence-electron chi connectivity index (χ0n) is 20.1. The normalized spacial score (nSPS) is 11.8. The number of nitrogens with one attached hydrogen (secondary N) is 1. The van der Waals surface area contributed by atoms with Crippen LogP contribution in [0, 0.1) is 12.7 Å². The number of carbonyl (C=O) groups is 2. The van der Waals surface area contributed by atoms with E-state index >= 15 is 0 Å². The molecule has 0 fully saturated rings. The van der Waals surface area contributed by atoms with Gasteiger partial charge in [0.2, 0.25) is 11.8 Å². The summed E-state index contributed by atoms with van der Waals surface area (Å²) < 4.78 is 14.6.